The van der Waals surface area contributed by atoms with E-state index in [1.54, 1.807) is 13.0 Å². The van der Waals surface area contributed by atoms with E-state index in [0.717, 1.165) is 0 Å². The quantitative estimate of drug-likeness (QED) is 0.335. The van der Waals surface area contributed by atoms with Gasteiger partial charge in [-0.1, -0.05) is 12.1 Å². The molecule has 5 rings (SSSR count). The third-order valence-electron chi connectivity index (χ3n) is 6.92. The van der Waals surface area contributed by atoms with Crippen LogP contribution in [0.25, 0.3) is 0 Å². The summed E-state index contributed by atoms with van der Waals surface area (Å²) in [4.78, 5) is 39.2. The summed E-state index contributed by atoms with van der Waals surface area (Å²) in [6.07, 6.45) is 0.836. The van der Waals surface area contributed by atoms with Gasteiger partial charge in [0.25, 0.3) is 0 Å². The highest BCUT2D eigenvalue weighted by Gasteiger charge is 2.56. The highest BCUT2D eigenvalue weighted by atomic mass is 16.6. The number of ether oxygens (including phenoxy) is 3. The Bertz CT molecular complexity index is 1420. The molecule has 2 heterocycles. The van der Waals surface area contributed by atoms with Crippen molar-refractivity contribution in [3.63, 3.8) is 0 Å². The molecule has 2 atom stereocenters. The van der Waals surface area contributed by atoms with Crippen molar-refractivity contribution in [3.8, 4) is 28.7 Å². The van der Waals surface area contributed by atoms with Gasteiger partial charge >= 0.3 is 0 Å². The molecule has 3 N–H and O–H groups in total. The first-order valence-corrected chi connectivity index (χ1v) is 11.5. The topological polar surface area (TPSA) is 131 Å². The molecule has 0 aromatic heterocycles. The van der Waals surface area contributed by atoms with E-state index in [2.05, 4.69) is 5.32 Å². The molecular formula is C27H25NO8. The highest BCUT2D eigenvalue weighted by Crippen LogP contribution is 2.57. The number of hydrogen-bond acceptors (Lipinski definition) is 9. The van der Waals surface area contributed by atoms with Gasteiger partial charge in [-0.3, -0.25) is 14.4 Å². The fourth-order valence-corrected chi connectivity index (χ4v) is 4.88. The number of carbonyl (C=O) groups is 3. The van der Waals surface area contributed by atoms with Crippen LogP contribution in [-0.4, -0.2) is 46.8 Å². The molecular weight excluding hydrogens is 466 g/mol. The first kappa shape index (κ1) is 23.5. The molecule has 0 bridgehead atoms. The molecule has 9 heteroatoms. The molecule has 0 spiro atoms. The number of benzene rings is 2. The molecule has 186 valence electrons. The molecule has 2 aromatic rings. The first-order chi connectivity index (χ1) is 17.1. The minimum absolute atomic E-state index is 0.00697. The van der Waals surface area contributed by atoms with Crippen molar-refractivity contribution >= 4 is 17.3 Å². The van der Waals surface area contributed by atoms with Crippen LogP contribution in [0.2, 0.25) is 0 Å². The summed E-state index contributed by atoms with van der Waals surface area (Å²) in [5, 5.41) is 24.5. The zero-order valence-corrected chi connectivity index (χ0v) is 20.2. The Morgan fingerprint density at radius 3 is 2.53 bits per heavy atom. The van der Waals surface area contributed by atoms with Gasteiger partial charge in [-0.05, 0) is 39.8 Å². The Kier molecular flexibility index (Phi) is 5.31. The maximum Gasteiger partial charge on any atom is 0.194 e. The van der Waals surface area contributed by atoms with Gasteiger partial charge in [0.15, 0.2) is 28.8 Å². The summed E-state index contributed by atoms with van der Waals surface area (Å²) < 4.78 is 17.4. The number of carbonyl (C=O) groups excluding carboxylic acids is 3. The lowest BCUT2D eigenvalue weighted by Crippen LogP contribution is -2.42. The second kappa shape index (κ2) is 8.15. The number of aromatic hydroxyl groups is 2. The molecule has 3 aliphatic rings. The van der Waals surface area contributed by atoms with Crippen LogP contribution in [0.4, 0.5) is 0 Å². The van der Waals surface area contributed by atoms with Crippen LogP contribution in [0.3, 0.4) is 0 Å². The third kappa shape index (κ3) is 3.26. The summed E-state index contributed by atoms with van der Waals surface area (Å²) in [6, 6.07) is 7.30. The van der Waals surface area contributed by atoms with Crippen molar-refractivity contribution in [2.24, 2.45) is 0 Å². The Hall–Kier alpha value is -4.27. The van der Waals surface area contributed by atoms with Gasteiger partial charge in [0, 0.05) is 17.3 Å². The van der Waals surface area contributed by atoms with Crippen molar-refractivity contribution in [1.82, 2.24) is 5.32 Å². The van der Waals surface area contributed by atoms with Gasteiger partial charge < -0.3 is 29.7 Å². The predicted octanol–water partition coefficient (Wildman–Crippen LogP) is 3.00. The minimum atomic E-state index is -1.56. The minimum Gasteiger partial charge on any atom is -0.507 e. The smallest absolute Gasteiger partial charge is 0.194 e. The van der Waals surface area contributed by atoms with Crippen LogP contribution < -0.4 is 19.5 Å². The van der Waals surface area contributed by atoms with Crippen molar-refractivity contribution in [1.29, 1.82) is 0 Å². The molecule has 0 fully saturated rings. The molecule has 0 saturated heterocycles. The van der Waals surface area contributed by atoms with E-state index >= 15 is 0 Å². The van der Waals surface area contributed by atoms with Crippen molar-refractivity contribution in [2.75, 3.05) is 13.2 Å². The Morgan fingerprint density at radius 1 is 1.14 bits per heavy atom. The molecule has 1 aliphatic carbocycles. The Balaban J connectivity index is 1.49. The molecule has 0 amide bonds. The number of ketones is 3. The zero-order chi connectivity index (χ0) is 25.9. The maximum absolute atomic E-state index is 13.8. The van der Waals surface area contributed by atoms with E-state index in [1.165, 1.54) is 26.8 Å². The number of phenolic OH excluding ortho intramolecular Hbond substituents is 2. The summed E-state index contributed by atoms with van der Waals surface area (Å²) in [7, 11) is 0. The maximum atomic E-state index is 13.8. The van der Waals surface area contributed by atoms with E-state index < -0.39 is 28.5 Å². The number of nitrogens with one attached hydrogen (secondary N) is 1. The summed E-state index contributed by atoms with van der Waals surface area (Å²) in [5.74, 6) is -1.31. The fraction of sp³-hybridized carbons (Fsp3) is 0.296. The second-order valence-corrected chi connectivity index (χ2v) is 9.27. The lowest BCUT2D eigenvalue weighted by molar-refractivity contribution is -0.123. The number of fused-ring (bicyclic) bond motifs is 4. The number of allylic oxidation sites excluding steroid dienone is 4. The lowest BCUT2D eigenvalue weighted by Gasteiger charge is -2.30. The first-order valence-electron chi connectivity index (χ1n) is 11.5. The number of hydrogen-bond donors (Lipinski definition) is 3. The van der Waals surface area contributed by atoms with E-state index in [4.69, 9.17) is 14.2 Å². The van der Waals surface area contributed by atoms with E-state index in [1.807, 2.05) is 18.2 Å². The monoisotopic (exact) mass is 491 g/mol. The zero-order valence-electron chi connectivity index (χ0n) is 20.2. The van der Waals surface area contributed by atoms with Crippen LogP contribution in [-0.2, 0) is 15.0 Å². The largest absolute Gasteiger partial charge is 0.507 e. The number of Topliss-reactive ketones (excluding diaryl/α,β-unsaturated/α-hetero) is 2. The number of rotatable bonds is 4. The summed E-state index contributed by atoms with van der Waals surface area (Å²) >= 11 is 0. The van der Waals surface area contributed by atoms with E-state index in [9.17, 15) is 24.6 Å². The van der Waals surface area contributed by atoms with Gasteiger partial charge in [-0.25, -0.2) is 0 Å². The van der Waals surface area contributed by atoms with Crippen molar-refractivity contribution < 1.29 is 38.8 Å². The van der Waals surface area contributed by atoms with Gasteiger partial charge in [-0.15, -0.1) is 0 Å². The predicted molar refractivity (Wildman–Crippen MR) is 128 cm³/mol. The average molecular weight is 491 g/mol. The average Bonchev–Trinajstić information content (AvgIpc) is 3.14. The molecule has 9 nitrogen and oxygen atoms in total. The van der Waals surface area contributed by atoms with Gasteiger partial charge in [0.2, 0.25) is 0 Å². The van der Waals surface area contributed by atoms with Crippen LogP contribution in [0.5, 0.6) is 28.7 Å². The van der Waals surface area contributed by atoms with Gasteiger partial charge in [-0.2, -0.15) is 0 Å². The number of phenols is 2. The standard InChI is InChI=1S/C27H25NO8/c1-12-23(31)21(14(3)29)25-22(24(12)32)27(4)19(36-25)9-16(30)20(26(27)33)13(2)28-10-15-11-34-17-7-5-6-8-18(17)35-15/h5-9,15,28,31-32H,10-11H2,1-4H3. The van der Waals surface area contributed by atoms with Crippen LogP contribution in [0.15, 0.2) is 47.4 Å². The fourth-order valence-electron chi connectivity index (χ4n) is 4.88. The van der Waals surface area contributed by atoms with Crippen LogP contribution in [0.1, 0.15) is 42.3 Å². The van der Waals surface area contributed by atoms with Gasteiger partial charge in [0.05, 0.1) is 17.7 Å². The van der Waals surface area contributed by atoms with Crippen LogP contribution >= 0.6 is 0 Å². The van der Waals surface area contributed by atoms with Crippen molar-refractivity contribution in [3.05, 3.63) is 64.1 Å². The Morgan fingerprint density at radius 2 is 1.83 bits per heavy atom. The third-order valence-corrected chi connectivity index (χ3v) is 6.92. The highest BCUT2D eigenvalue weighted by molar-refractivity contribution is 6.31. The molecule has 2 unspecified atom stereocenters. The lowest BCUT2D eigenvalue weighted by atomic mass is 9.70. The molecule has 0 radical (unpaired) electrons. The molecule has 2 aromatic carbocycles. The number of para-hydroxylation sites is 2. The molecule has 36 heavy (non-hydrogen) atoms. The van der Waals surface area contributed by atoms with E-state index in [-0.39, 0.29) is 52.2 Å². The molecule has 2 aliphatic heterocycles. The van der Waals surface area contributed by atoms with E-state index in [0.29, 0.717) is 23.8 Å². The van der Waals surface area contributed by atoms with Crippen LogP contribution in [0, 0.1) is 6.92 Å². The summed E-state index contributed by atoms with van der Waals surface area (Å²) in [6.45, 7) is 6.40. The Labute approximate surface area is 207 Å². The molecule has 0 saturated carbocycles. The SMILES string of the molecule is CC(=O)c1c(O)c(C)c(O)c2c1OC1=CC(=O)C(=C(C)NCC3COc4ccccc4O3)C(=O)C12C. The van der Waals surface area contributed by atoms with Gasteiger partial charge in [0.1, 0.15) is 46.7 Å². The van der Waals surface area contributed by atoms with Crippen molar-refractivity contribution in [2.45, 2.75) is 39.2 Å². The normalized spacial score (nSPS) is 23.3. The second-order valence-electron chi connectivity index (χ2n) is 9.27. The summed E-state index contributed by atoms with van der Waals surface area (Å²) in [5.41, 5.74) is -1.37.